The maximum absolute atomic E-state index is 12.6. The largest absolute Gasteiger partial charge is 0.461 e. The van der Waals surface area contributed by atoms with Crippen LogP contribution in [0.1, 0.15) is 39.5 Å². The molecule has 5 atom stereocenters. The first-order valence-electron chi connectivity index (χ1n) is 9.80. The molecule has 0 spiro atoms. The van der Waals surface area contributed by atoms with E-state index in [1.54, 1.807) is 5.57 Å². The molecule has 2 heterocycles. The van der Waals surface area contributed by atoms with Gasteiger partial charge >= 0.3 is 5.97 Å². The van der Waals surface area contributed by atoms with E-state index in [9.17, 15) is 4.79 Å². The van der Waals surface area contributed by atoms with Crippen LogP contribution in [-0.2, 0) is 9.53 Å². The summed E-state index contributed by atoms with van der Waals surface area (Å²) in [6.45, 7) is 9.99. The predicted molar refractivity (Wildman–Crippen MR) is 94.6 cm³/mol. The fourth-order valence-corrected chi connectivity index (χ4v) is 5.57. The molecule has 0 amide bonds. The van der Waals surface area contributed by atoms with Gasteiger partial charge in [0, 0.05) is 38.6 Å². The maximum Gasteiger partial charge on any atom is 0.311 e. The first kappa shape index (κ1) is 16.6. The molecular weight excluding hydrogens is 300 g/mol. The molecule has 0 radical (unpaired) electrons. The summed E-state index contributed by atoms with van der Waals surface area (Å²) >= 11 is 0. The van der Waals surface area contributed by atoms with Gasteiger partial charge in [-0.1, -0.05) is 31.9 Å². The average molecular weight is 332 g/mol. The van der Waals surface area contributed by atoms with Gasteiger partial charge < -0.3 is 9.64 Å². The molecule has 2 aliphatic heterocycles. The molecule has 0 unspecified atom stereocenters. The van der Waals surface area contributed by atoms with E-state index in [0.717, 1.165) is 39.1 Å². The number of piperazine rings is 1. The fourth-order valence-electron chi connectivity index (χ4n) is 5.57. The van der Waals surface area contributed by atoms with Crippen LogP contribution in [-0.4, -0.2) is 61.6 Å². The van der Waals surface area contributed by atoms with E-state index in [4.69, 9.17) is 4.74 Å². The van der Waals surface area contributed by atoms with Gasteiger partial charge in [0.05, 0.1) is 5.92 Å². The number of hydrogen-bond donors (Lipinski definition) is 0. The zero-order chi connectivity index (χ0) is 16.9. The van der Waals surface area contributed by atoms with Gasteiger partial charge in [0.1, 0.15) is 6.10 Å². The smallest absolute Gasteiger partial charge is 0.311 e. The standard InChI is InChI=1S/C20H32N2O2/c1-14-5-4-6-20(2)12-18-15(11-17(14)20)16(19(23)24-18)13-22-9-7-21(3)8-10-22/h11,14-16,18H,4-10,12-13H2,1-3H3/t14-,15+,16-,18+,20+/m0/s1. The number of hydrogen-bond acceptors (Lipinski definition) is 4. The van der Waals surface area contributed by atoms with Crippen molar-refractivity contribution in [1.29, 1.82) is 0 Å². The molecule has 4 aliphatic rings. The van der Waals surface area contributed by atoms with Crippen molar-refractivity contribution < 1.29 is 9.53 Å². The number of nitrogens with zero attached hydrogens (tertiary/aromatic N) is 2. The Morgan fingerprint density at radius 3 is 2.79 bits per heavy atom. The van der Waals surface area contributed by atoms with E-state index in [2.05, 4.69) is 36.8 Å². The minimum Gasteiger partial charge on any atom is -0.461 e. The molecule has 0 aromatic heterocycles. The van der Waals surface area contributed by atoms with Crippen LogP contribution >= 0.6 is 0 Å². The quantitative estimate of drug-likeness (QED) is 0.575. The van der Waals surface area contributed by atoms with Gasteiger partial charge in [-0.05, 0) is 37.6 Å². The molecule has 3 fully saturated rings. The van der Waals surface area contributed by atoms with Crippen molar-refractivity contribution in [2.75, 3.05) is 39.8 Å². The number of carbonyl (C=O) groups excluding carboxylic acids is 1. The summed E-state index contributed by atoms with van der Waals surface area (Å²) in [5.74, 6) is 1.07. The molecule has 0 aromatic carbocycles. The van der Waals surface area contributed by atoms with Crippen molar-refractivity contribution in [3.05, 3.63) is 11.6 Å². The molecule has 134 valence electrons. The minimum atomic E-state index is 0.0459. The topological polar surface area (TPSA) is 32.8 Å². The van der Waals surface area contributed by atoms with Crippen LogP contribution in [0.4, 0.5) is 0 Å². The van der Waals surface area contributed by atoms with Gasteiger partial charge in [-0.25, -0.2) is 0 Å². The third-order valence-corrected chi connectivity index (χ3v) is 7.13. The van der Waals surface area contributed by atoms with Crippen molar-refractivity contribution in [3.8, 4) is 0 Å². The van der Waals surface area contributed by atoms with Crippen LogP contribution in [0.15, 0.2) is 11.6 Å². The van der Waals surface area contributed by atoms with Crippen molar-refractivity contribution in [2.24, 2.45) is 23.2 Å². The van der Waals surface area contributed by atoms with Crippen LogP contribution in [0.3, 0.4) is 0 Å². The van der Waals surface area contributed by atoms with Crippen LogP contribution in [0.2, 0.25) is 0 Å². The summed E-state index contributed by atoms with van der Waals surface area (Å²) in [5, 5.41) is 0. The summed E-state index contributed by atoms with van der Waals surface area (Å²) in [7, 11) is 2.17. The Balaban J connectivity index is 1.53. The molecule has 0 aromatic rings. The summed E-state index contributed by atoms with van der Waals surface area (Å²) in [6.07, 6.45) is 7.51. The number of likely N-dealkylation sites (N-methyl/N-ethyl adjacent to an activating group) is 1. The van der Waals surface area contributed by atoms with Crippen LogP contribution < -0.4 is 0 Å². The molecular formula is C20H32N2O2. The lowest BCUT2D eigenvalue weighted by Crippen LogP contribution is -2.47. The summed E-state index contributed by atoms with van der Waals surface area (Å²) in [5.41, 5.74) is 1.89. The van der Waals surface area contributed by atoms with E-state index in [1.807, 2.05) is 0 Å². The highest BCUT2D eigenvalue weighted by Crippen LogP contribution is 2.53. The highest BCUT2D eigenvalue weighted by atomic mass is 16.6. The summed E-state index contributed by atoms with van der Waals surface area (Å²) in [6, 6.07) is 0. The van der Waals surface area contributed by atoms with E-state index in [-0.39, 0.29) is 23.4 Å². The minimum absolute atomic E-state index is 0.0459. The number of fused-ring (bicyclic) bond motifs is 2. The van der Waals surface area contributed by atoms with Gasteiger partial charge in [0.15, 0.2) is 0 Å². The Kier molecular flexibility index (Phi) is 4.24. The van der Waals surface area contributed by atoms with E-state index in [0.29, 0.717) is 11.8 Å². The normalized spacial score (nSPS) is 43.8. The highest BCUT2D eigenvalue weighted by molar-refractivity contribution is 5.76. The average Bonchev–Trinajstić information content (AvgIpc) is 2.82. The molecule has 4 nitrogen and oxygen atoms in total. The van der Waals surface area contributed by atoms with E-state index < -0.39 is 0 Å². The Labute approximate surface area is 146 Å². The SMILES string of the molecule is C[C@H]1CCC[C@]2(C)C[C@H]3OC(=O)[C@@H](CN4CCN(C)CC4)[C@H]3C=C12. The fraction of sp³-hybridized carbons (Fsp3) is 0.850. The number of allylic oxidation sites excluding steroid dienone is 1. The number of esters is 1. The number of rotatable bonds is 2. The molecule has 24 heavy (non-hydrogen) atoms. The van der Waals surface area contributed by atoms with E-state index in [1.165, 1.54) is 19.3 Å². The molecule has 0 bridgehead atoms. The van der Waals surface area contributed by atoms with Gasteiger partial charge in [-0.2, -0.15) is 0 Å². The highest BCUT2D eigenvalue weighted by Gasteiger charge is 2.51. The third-order valence-electron chi connectivity index (χ3n) is 7.13. The lowest BCUT2D eigenvalue weighted by molar-refractivity contribution is -0.145. The molecule has 4 heteroatoms. The second-order valence-electron chi connectivity index (χ2n) is 8.94. The Morgan fingerprint density at radius 1 is 1.29 bits per heavy atom. The van der Waals surface area contributed by atoms with Crippen molar-refractivity contribution in [1.82, 2.24) is 9.80 Å². The molecule has 1 saturated carbocycles. The summed E-state index contributed by atoms with van der Waals surface area (Å²) < 4.78 is 5.87. The second kappa shape index (κ2) is 6.14. The molecule has 2 aliphatic carbocycles. The first-order valence-corrected chi connectivity index (χ1v) is 9.80. The molecule has 4 rings (SSSR count). The lowest BCUT2D eigenvalue weighted by atomic mass is 9.59. The third kappa shape index (κ3) is 2.82. The van der Waals surface area contributed by atoms with Gasteiger partial charge in [-0.15, -0.1) is 0 Å². The van der Waals surface area contributed by atoms with E-state index >= 15 is 0 Å². The van der Waals surface area contributed by atoms with Crippen LogP contribution in [0, 0.1) is 23.2 Å². The number of carbonyl (C=O) groups is 1. The van der Waals surface area contributed by atoms with Crippen molar-refractivity contribution in [3.63, 3.8) is 0 Å². The van der Waals surface area contributed by atoms with Gasteiger partial charge in [-0.3, -0.25) is 9.69 Å². The zero-order valence-electron chi connectivity index (χ0n) is 15.5. The predicted octanol–water partition coefficient (Wildman–Crippen LogP) is 2.55. The Bertz CT molecular complexity index is 538. The maximum atomic E-state index is 12.6. The number of ether oxygens (including phenoxy) is 1. The molecule has 2 saturated heterocycles. The van der Waals surface area contributed by atoms with Crippen LogP contribution in [0.25, 0.3) is 0 Å². The monoisotopic (exact) mass is 332 g/mol. The van der Waals surface area contributed by atoms with Gasteiger partial charge in [0.25, 0.3) is 0 Å². The first-order chi connectivity index (χ1) is 11.5. The van der Waals surface area contributed by atoms with Gasteiger partial charge in [0.2, 0.25) is 0 Å². The van der Waals surface area contributed by atoms with Crippen molar-refractivity contribution >= 4 is 5.97 Å². The zero-order valence-corrected chi connectivity index (χ0v) is 15.5. The summed E-state index contributed by atoms with van der Waals surface area (Å²) in [4.78, 5) is 17.4. The second-order valence-corrected chi connectivity index (χ2v) is 8.94. The van der Waals surface area contributed by atoms with Crippen molar-refractivity contribution in [2.45, 2.75) is 45.6 Å². The molecule has 0 N–H and O–H groups in total. The Hall–Kier alpha value is -0.870. The van der Waals surface area contributed by atoms with Crippen LogP contribution in [0.5, 0.6) is 0 Å². The lowest BCUT2D eigenvalue weighted by Gasteiger charge is -2.46. The Morgan fingerprint density at radius 2 is 2.04 bits per heavy atom.